The molecule has 0 bridgehead atoms. The van der Waals surface area contributed by atoms with E-state index in [0.29, 0.717) is 12.0 Å². The molecule has 0 spiro atoms. The first-order valence-electron chi connectivity index (χ1n) is 6.96. The van der Waals surface area contributed by atoms with E-state index >= 15 is 0 Å². The number of Topliss-reactive ketones (excluding diaryl/α,β-unsaturated/α-hetero) is 1. The van der Waals surface area contributed by atoms with Crippen LogP contribution < -0.4 is 0 Å². The molecule has 0 N–H and O–H groups in total. The van der Waals surface area contributed by atoms with Gasteiger partial charge in [-0.2, -0.15) is 0 Å². The first-order chi connectivity index (χ1) is 9.08. The summed E-state index contributed by atoms with van der Waals surface area (Å²) >= 11 is 5.66. The zero-order valence-corrected chi connectivity index (χ0v) is 12.7. The molecule has 0 aliphatic carbocycles. The van der Waals surface area contributed by atoms with Gasteiger partial charge in [-0.15, -0.1) is 11.6 Å². The van der Waals surface area contributed by atoms with Crippen LogP contribution >= 0.6 is 11.6 Å². The molecule has 19 heavy (non-hydrogen) atoms. The van der Waals surface area contributed by atoms with Crippen LogP contribution in [-0.2, 0) is 11.3 Å². The van der Waals surface area contributed by atoms with E-state index in [1.54, 1.807) is 0 Å². The van der Waals surface area contributed by atoms with Crippen LogP contribution in [0.25, 0.3) is 0 Å². The molecule has 1 aromatic rings. The molecule has 1 aliphatic rings. The number of ketones is 1. The van der Waals surface area contributed by atoms with Crippen LogP contribution in [0.4, 0.5) is 0 Å². The van der Waals surface area contributed by atoms with E-state index in [1.165, 1.54) is 0 Å². The summed E-state index contributed by atoms with van der Waals surface area (Å²) in [5.41, 5.74) is 2.93. The summed E-state index contributed by atoms with van der Waals surface area (Å²) < 4.78 is 7.98. The summed E-state index contributed by atoms with van der Waals surface area (Å²) in [5, 5.41) is 0. The number of carbonyl (C=O) groups excluding carboxylic acids is 1. The Hall–Kier alpha value is -0.800. The topological polar surface area (TPSA) is 31.2 Å². The lowest BCUT2D eigenvalue weighted by Crippen LogP contribution is -2.21. The fourth-order valence-electron chi connectivity index (χ4n) is 3.02. The number of aromatic nitrogens is 1. The fraction of sp³-hybridized carbons (Fsp3) is 0.667. The Labute approximate surface area is 119 Å². The Balaban J connectivity index is 2.21. The van der Waals surface area contributed by atoms with Gasteiger partial charge in [0.25, 0.3) is 0 Å². The zero-order chi connectivity index (χ0) is 14.0. The molecule has 1 saturated heterocycles. The van der Waals surface area contributed by atoms with Gasteiger partial charge in [0.15, 0.2) is 5.78 Å². The number of carbonyl (C=O) groups is 1. The summed E-state index contributed by atoms with van der Waals surface area (Å²) in [5.74, 6) is 0.610. The summed E-state index contributed by atoms with van der Waals surface area (Å²) in [7, 11) is 0. The van der Waals surface area contributed by atoms with Crippen LogP contribution in [0.2, 0.25) is 0 Å². The molecule has 0 aromatic carbocycles. The summed E-state index contributed by atoms with van der Waals surface area (Å²) in [6.45, 7) is 8.01. The van der Waals surface area contributed by atoms with Crippen molar-refractivity contribution in [2.24, 2.45) is 5.92 Å². The second-order valence-electron chi connectivity index (χ2n) is 5.32. The number of ether oxygens (including phenoxy) is 1. The minimum atomic E-state index is 0.00994. The number of hydrogen-bond donors (Lipinski definition) is 0. The van der Waals surface area contributed by atoms with E-state index < -0.39 is 0 Å². The maximum Gasteiger partial charge on any atom is 0.179 e. The highest BCUT2D eigenvalue weighted by molar-refractivity contribution is 6.30. The van der Waals surface area contributed by atoms with Gasteiger partial charge in [-0.1, -0.05) is 6.92 Å². The molecular formula is C15H22ClNO2. The van der Waals surface area contributed by atoms with Gasteiger partial charge in [0.1, 0.15) is 0 Å². The molecule has 1 aliphatic heterocycles. The fourth-order valence-corrected chi connectivity index (χ4v) is 3.17. The molecule has 2 unspecified atom stereocenters. The quantitative estimate of drug-likeness (QED) is 0.613. The van der Waals surface area contributed by atoms with Crippen LogP contribution in [0.1, 0.15) is 41.5 Å². The average Bonchev–Trinajstić information content (AvgIpc) is 2.97. The van der Waals surface area contributed by atoms with Gasteiger partial charge < -0.3 is 9.30 Å². The van der Waals surface area contributed by atoms with Crippen molar-refractivity contribution in [1.29, 1.82) is 0 Å². The molecule has 1 fully saturated rings. The van der Waals surface area contributed by atoms with Gasteiger partial charge in [0.2, 0.25) is 0 Å². The largest absolute Gasteiger partial charge is 0.378 e. The molecule has 2 heterocycles. The van der Waals surface area contributed by atoms with Crippen molar-refractivity contribution in [3.63, 3.8) is 0 Å². The normalized spacial score (nSPS) is 22.9. The SMILES string of the molecule is CCC1OCCC1Cn1c(C)cc(C(=O)CCl)c1C. The highest BCUT2D eigenvalue weighted by Gasteiger charge is 2.28. The summed E-state index contributed by atoms with van der Waals surface area (Å²) in [4.78, 5) is 11.8. The first kappa shape index (κ1) is 14.6. The Morgan fingerprint density at radius 1 is 1.53 bits per heavy atom. The predicted octanol–water partition coefficient (Wildman–Crippen LogP) is 3.34. The van der Waals surface area contributed by atoms with Gasteiger partial charge in [0, 0.05) is 36.0 Å². The van der Waals surface area contributed by atoms with E-state index in [0.717, 1.165) is 42.9 Å². The third kappa shape index (κ3) is 2.87. The second kappa shape index (κ2) is 6.10. The van der Waals surface area contributed by atoms with Gasteiger partial charge in [0.05, 0.1) is 12.0 Å². The molecule has 2 rings (SSSR count). The number of aryl methyl sites for hydroxylation is 1. The van der Waals surface area contributed by atoms with Crippen molar-refractivity contribution >= 4 is 17.4 Å². The number of nitrogens with zero attached hydrogens (tertiary/aromatic N) is 1. The first-order valence-corrected chi connectivity index (χ1v) is 7.49. The van der Waals surface area contributed by atoms with E-state index in [1.807, 2.05) is 13.0 Å². The molecule has 4 heteroatoms. The molecule has 0 radical (unpaired) electrons. The predicted molar refractivity (Wildman–Crippen MR) is 77.1 cm³/mol. The third-order valence-electron chi connectivity index (χ3n) is 4.16. The average molecular weight is 284 g/mol. The van der Waals surface area contributed by atoms with Crippen LogP contribution in [0.5, 0.6) is 0 Å². The van der Waals surface area contributed by atoms with E-state index in [2.05, 4.69) is 18.4 Å². The molecule has 0 saturated carbocycles. The van der Waals surface area contributed by atoms with Crippen molar-refractivity contribution < 1.29 is 9.53 Å². The Kier molecular flexibility index (Phi) is 4.69. The van der Waals surface area contributed by atoms with Crippen molar-refractivity contribution in [2.75, 3.05) is 12.5 Å². The maximum absolute atomic E-state index is 11.8. The molecule has 1 aromatic heterocycles. The van der Waals surface area contributed by atoms with E-state index in [4.69, 9.17) is 16.3 Å². The third-order valence-corrected chi connectivity index (χ3v) is 4.40. The van der Waals surface area contributed by atoms with Crippen LogP contribution in [0.3, 0.4) is 0 Å². The summed E-state index contributed by atoms with van der Waals surface area (Å²) in [6, 6.07) is 1.96. The van der Waals surface area contributed by atoms with Crippen LogP contribution in [-0.4, -0.2) is 28.9 Å². The van der Waals surface area contributed by atoms with Crippen molar-refractivity contribution in [3.05, 3.63) is 23.0 Å². The van der Waals surface area contributed by atoms with Gasteiger partial charge in [-0.3, -0.25) is 4.79 Å². The standard InChI is InChI=1S/C15H22ClNO2/c1-4-15-12(5-6-19-15)9-17-10(2)7-13(11(17)3)14(18)8-16/h7,12,15H,4-6,8-9H2,1-3H3. The lowest BCUT2D eigenvalue weighted by atomic mass is 9.99. The number of alkyl halides is 1. The number of rotatable bonds is 5. The Morgan fingerprint density at radius 2 is 2.26 bits per heavy atom. The molecule has 2 atom stereocenters. The van der Waals surface area contributed by atoms with Crippen LogP contribution in [0.15, 0.2) is 6.07 Å². The zero-order valence-electron chi connectivity index (χ0n) is 11.9. The highest BCUT2D eigenvalue weighted by atomic mass is 35.5. The monoisotopic (exact) mass is 283 g/mol. The van der Waals surface area contributed by atoms with Gasteiger partial charge in [-0.25, -0.2) is 0 Å². The Morgan fingerprint density at radius 3 is 2.89 bits per heavy atom. The van der Waals surface area contributed by atoms with Gasteiger partial charge in [-0.05, 0) is 32.8 Å². The molecule has 3 nitrogen and oxygen atoms in total. The lowest BCUT2D eigenvalue weighted by Gasteiger charge is -2.20. The number of hydrogen-bond acceptors (Lipinski definition) is 2. The molecular weight excluding hydrogens is 262 g/mol. The van der Waals surface area contributed by atoms with Crippen LogP contribution in [0, 0.1) is 19.8 Å². The summed E-state index contributed by atoms with van der Waals surface area (Å²) in [6.07, 6.45) is 2.51. The van der Waals surface area contributed by atoms with Gasteiger partial charge >= 0.3 is 0 Å². The maximum atomic E-state index is 11.8. The highest BCUT2D eigenvalue weighted by Crippen LogP contribution is 2.27. The van der Waals surface area contributed by atoms with E-state index in [-0.39, 0.29) is 11.7 Å². The lowest BCUT2D eigenvalue weighted by molar-refractivity contribution is 0.0832. The van der Waals surface area contributed by atoms with E-state index in [9.17, 15) is 4.79 Å². The Bertz CT molecular complexity index is 467. The second-order valence-corrected chi connectivity index (χ2v) is 5.59. The van der Waals surface area contributed by atoms with Crippen molar-refractivity contribution in [1.82, 2.24) is 4.57 Å². The van der Waals surface area contributed by atoms with Crippen molar-refractivity contribution in [2.45, 2.75) is 46.3 Å². The minimum absolute atomic E-state index is 0.00994. The molecule has 106 valence electrons. The number of halogens is 1. The smallest absolute Gasteiger partial charge is 0.179 e. The van der Waals surface area contributed by atoms with Crippen molar-refractivity contribution in [3.8, 4) is 0 Å². The molecule has 0 amide bonds. The minimum Gasteiger partial charge on any atom is -0.378 e.